The van der Waals surface area contributed by atoms with Crippen LogP contribution in [0.5, 0.6) is 0 Å². The number of nitrogens with one attached hydrogen (secondary N) is 2. The van der Waals surface area contributed by atoms with E-state index < -0.39 is 11.4 Å². The van der Waals surface area contributed by atoms with E-state index in [2.05, 4.69) is 97.6 Å². The SMILES string of the molecule is C.C.C.C.C.C.C.C.CCC(C)(C)C(=O)O.CCC(C)C(=O)OCCSc1ccc(S)s1.CCC(C)C(=O)OCCSc1ccc(S)s1.CCC(C)C(=O)OCCSc1n[nH]c(=S)s1.CCC(C)c1ccc(CSc2n[nH]c(=S)s2)cc1.CCC1(OC(=O)C(C)(C)CC)CCCC1.CCC1(OC(=O)C(C)(C)CC)CCCC1. The Hall–Kier alpha value is -2.90. The molecule has 0 saturated heterocycles. The molecule has 112 heavy (non-hydrogen) atoms. The number of aromatic amines is 2. The molecule has 0 amide bonds. The van der Waals surface area contributed by atoms with Gasteiger partial charge in [0.2, 0.25) is 0 Å². The highest BCUT2D eigenvalue weighted by Crippen LogP contribution is 2.40. The lowest BCUT2D eigenvalue weighted by Gasteiger charge is -2.32. The van der Waals surface area contributed by atoms with Gasteiger partial charge >= 0.3 is 35.8 Å². The third kappa shape index (κ3) is 50.8. The predicted octanol–water partition coefficient (Wildman–Crippen LogP) is 29.3. The molecule has 0 spiro atoms. The second-order valence-corrected chi connectivity index (χ2v) is 40.0. The Kier molecular flexibility index (Phi) is 74.5. The number of aromatic nitrogens is 4. The average Bonchev–Trinajstić information content (AvgIpc) is 1.70. The number of thiol groups is 2. The maximum Gasteiger partial charge on any atom is 0.312 e. The first-order chi connectivity index (χ1) is 49.0. The van der Waals surface area contributed by atoms with Gasteiger partial charge in [-0.2, -0.15) is 10.2 Å². The second-order valence-electron chi connectivity index (χ2n) is 27.5. The van der Waals surface area contributed by atoms with Crippen molar-refractivity contribution in [3.05, 3.63) is 67.6 Å². The summed E-state index contributed by atoms with van der Waals surface area (Å²) in [5, 5.41) is 22.1. The summed E-state index contributed by atoms with van der Waals surface area (Å²) in [6.07, 6.45) is 16.9. The molecule has 3 N–H and O–H groups in total. The summed E-state index contributed by atoms with van der Waals surface area (Å²) in [4.78, 5) is 68.3. The number of benzene rings is 1. The van der Waals surface area contributed by atoms with Crippen LogP contribution in [0.4, 0.5) is 0 Å². The largest absolute Gasteiger partial charge is 0.481 e. The number of carbonyl (C=O) groups is 6. The van der Waals surface area contributed by atoms with E-state index in [1.807, 2.05) is 114 Å². The minimum atomic E-state index is -0.722. The van der Waals surface area contributed by atoms with Crippen molar-refractivity contribution < 1.29 is 57.6 Å². The molecule has 0 radical (unpaired) electrons. The van der Waals surface area contributed by atoms with Crippen molar-refractivity contribution in [2.75, 3.05) is 37.1 Å². The number of rotatable bonds is 33. The fourth-order valence-electron chi connectivity index (χ4n) is 8.63. The van der Waals surface area contributed by atoms with Crippen molar-refractivity contribution in [3.8, 4) is 0 Å². The van der Waals surface area contributed by atoms with Crippen LogP contribution >= 0.6 is 142 Å². The van der Waals surface area contributed by atoms with E-state index in [9.17, 15) is 28.8 Å². The number of hydrogen-bond acceptors (Lipinski definition) is 25. The number of carboxylic acid groups (broad SMARTS) is 1. The number of ether oxygens (including phenoxy) is 5. The Morgan fingerprint density at radius 3 is 1.05 bits per heavy atom. The van der Waals surface area contributed by atoms with E-state index in [1.165, 1.54) is 86.1 Å². The average molecular weight is 1800 g/mol. The first kappa shape index (κ1) is 125. The van der Waals surface area contributed by atoms with Gasteiger partial charge in [-0.1, -0.05) is 220 Å². The summed E-state index contributed by atoms with van der Waals surface area (Å²) in [7, 11) is 0. The molecule has 2 aliphatic rings. The van der Waals surface area contributed by atoms with Gasteiger partial charge in [-0.05, 0) is 216 Å². The lowest BCUT2D eigenvalue weighted by atomic mass is 9.89. The zero-order valence-corrected chi connectivity index (χ0v) is 75.2. The van der Waals surface area contributed by atoms with Crippen LogP contribution in [-0.2, 0) is 58.2 Å². The zero-order valence-electron chi connectivity index (χ0n) is 65.2. The molecule has 1 aromatic carbocycles. The van der Waals surface area contributed by atoms with Crippen molar-refractivity contribution in [2.24, 2.45) is 34.0 Å². The number of carboxylic acids is 1. The third-order valence-electron chi connectivity index (χ3n) is 18.5. The minimum absolute atomic E-state index is 0. The lowest BCUT2D eigenvalue weighted by Crippen LogP contribution is -2.37. The van der Waals surface area contributed by atoms with Crippen LogP contribution in [0.15, 0.2) is 74.0 Å². The molecule has 0 aliphatic heterocycles. The number of esters is 5. The number of thiophene rings is 2. The maximum atomic E-state index is 12.0. The quantitative estimate of drug-likeness (QED) is 0.00657. The van der Waals surface area contributed by atoms with Gasteiger partial charge < -0.3 is 28.8 Å². The molecular weight excluding hydrogens is 1640 g/mol. The molecule has 2 aliphatic carbocycles. The van der Waals surface area contributed by atoms with Gasteiger partial charge in [-0.15, -0.1) is 71.5 Å². The highest BCUT2D eigenvalue weighted by Gasteiger charge is 2.41. The molecule has 4 aromatic heterocycles. The van der Waals surface area contributed by atoms with E-state index in [1.54, 1.807) is 71.8 Å². The number of hydrogen-bond donors (Lipinski definition) is 5. The van der Waals surface area contributed by atoms with Crippen LogP contribution in [0.25, 0.3) is 0 Å². The molecule has 7 rings (SSSR count). The summed E-state index contributed by atoms with van der Waals surface area (Å²) >= 11 is 31.3. The third-order valence-corrected chi connectivity index (χ3v) is 28.0. The molecule has 4 heterocycles. The van der Waals surface area contributed by atoms with Crippen LogP contribution in [-0.4, -0.2) is 110 Å². The first-order valence-electron chi connectivity index (χ1n) is 36.5. The summed E-state index contributed by atoms with van der Waals surface area (Å²) in [6, 6.07) is 16.9. The molecule has 654 valence electrons. The molecule has 4 unspecified atom stereocenters. The van der Waals surface area contributed by atoms with E-state index in [0.29, 0.717) is 41.9 Å². The normalized spacial score (nSPS) is 13.6. The minimum Gasteiger partial charge on any atom is -0.481 e. The van der Waals surface area contributed by atoms with Crippen molar-refractivity contribution in [3.63, 3.8) is 0 Å². The molecule has 2 saturated carbocycles. The van der Waals surface area contributed by atoms with Crippen molar-refractivity contribution >= 4 is 178 Å². The number of thioether (sulfide) groups is 4. The zero-order chi connectivity index (χ0) is 78.7. The topological polar surface area (TPSA) is 226 Å². The Labute approximate surface area is 736 Å². The molecule has 5 aromatic rings. The van der Waals surface area contributed by atoms with Gasteiger partial charge in [-0.25, -0.2) is 0 Å². The Morgan fingerprint density at radius 2 is 0.804 bits per heavy atom. The van der Waals surface area contributed by atoms with E-state index >= 15 is 0 Å². The summed E-state index contributed by atoms with van der Waals surface area (Å²) in [5.41, 5.74) is 1.28. The summed E-state index contributed by atoms with van der Waals surface area (Å²) < 4.78 is 34.7. The molecule has 2 fully saturated rings. The fourth-order valence-corrected chi connectivity index (χ4v) is 17.3. The highest BCUT2D eigenvalue weighted by molar-refractivity contribution is 8.02. The Balaban J connectivity index is -0.000000187. The molecule has 0 bridgehead atoms. The smallest absolute Gasteiger partial charge is 0.312 e. The number of carbonyl (C=O) groups excluding carboxylic acids is 5. The second kappa shape index (κ2) is 66.9. The van der Waals surface area contributed by atoms with Crippen molar-refractivity contribution in [2.45, 2.75) is 349 Å². The Morgan fingerprint density at radius 1 is 0.482 bits per heavy atom. The van der Waals surface area contributed by atoms with Crippen LogP contribution in [0.1, 0.15) is 317 Å². The lowest BCUT2D eigenvalue weighted by molar-refractivity contribution is -0.171. The van der Waals surface area contributed by atoms with Crippen molar-refractivity contribution in [1.29, 1.82) is 0 Å². The first-order valence-corrected chi connectivity index (χ1v) is 45.4. The molecule has 16 nitrogen and oxygen atoms in total. The Bertz CT molecular complexity index is 3230. The molecule has 4 atom stereocenters. The van der Waals surface area contributed by atoms with Gasteiger partial charge in [0, 0.05) is 23.0 Å². The summed E-state index contributed by atoms with van der Waals surface area (Å²) in [6.45, 7) is 38.9. The van der Waals surface area contributed by atoms with Gasteiger partial charge in [0.15, 0.2) is 16.6 Å². The van der Waals surface area contributed by atoms with Gasteiger partial charge in [0.05, 0.1) is 50.8 Å². The van der Waals surface area contributed by atoms with Crippen molar-refractivity contribution in [1.82, 2.24) is 20.4 Å². The number of aliphatic carboxylic acids is 1. The van der Waals surface area contributed by atoms with E-state index in [-0.39, 0.29) is 129 Å². The van der Waals surface area contributed by atoms with E-state index in [0.717, 1.165) is 109 Å². The number of nitrogens with zero attached hydrogens (tertiary/aromatic N) is 2. The van der Waals surface area contributed by atoms with Crippen LogP contribution in [0.2, 0.25) is 0 Å². The highest BCUT2D eigenvalue weighted by atomic mass is 32.2. The van der Waals surface area contributed by atoms with E-state index in [4.69, 9.17) is 53.2 Å². The number of H-pyrrole nitrogens is 2. The molecule has 28 heteroatoms. The van der Waals surface area contributed by atoms with Crippen LogP contribution in [0, 0.1) is 41.9 Å². The van der Waals surface area contributed by atoms with Gasteiger partial charge in [-0.3, -0.25) is 39.0 Å². The monoisotopic (exact) mass is 1790 g/mol. The van der Waals surface area contributed by atoms with Gasteiger partial charge in [0.25, 0.3) is 0 Å². The van der Waals surface area contributed by atoms with Crippen LogP contribution in [0.3, 0.4) is 0 Å². The standard InChI is InChI=1S/C13H16N2S3.2C13H24O2.2C11H16O2S3.C9H14N2O2S3.C6H12O2.8CH4/c1-3-9(2)11-6-4-10(5-7-11)8-17-13-15-14-12(16)18-13;2*1-5-12(3,4)11(14)15-13(6-2)9-7-8-10-13;2*1-3-8(2)11(12)13-6-7-15-10-5-4-9(14)16-10;1-3-6(2)7(12)13-4-5-15-9-11-10-8(14)16-9;1-4-6(2,3)5(7)8;;;;;;;;/h4-7,9H,3,8H2,1-2H3,(H,14,16);2*5-10H2,1-4H3;2*4-5,8,14H,3,6-7H2,1-2H3;6H,3-5H2,1-2H3,(H,10,14);4H2,1-3H3,(H,7,8);8*1H4. The molecular formula is C84H154N4O12S12. The summed E-state index contributed by atoms with van der Waals surface area (Å²) in [5.74, 6) is 2.82. The maximum absolute atomic E-state index is 12.0. The predicted molar refractivity (Wildman–Crippen MR) is 505 cm³/mol. The fraction of sp³-hybridized carbons (Fsp3) is 0.714. The van der Waals surface area contributed by atoms with Crippen LogP contribution < -0.4 is 0 Å². The van der Waals surface area contributed by atoms with Gasteiger partial charge in [0.1, 0.15) is 31.0 Å².